The van der Waals surface area contributed by atoms with Crippen molar-refractivity contribution in [2.24, 2.45) is 11.7 Å². The molecule has 116 valence electrons. The van der Waals surface area contributed by atoms with Gasteiger partial charge < -0.3 is 10.6 Å². The molecule has 1 aliphatic heterocycles. The number of hydrogen-bond acceptors (Lipinski definition) is 4. The van der Waals surface area contributed by atoms with Crippen LogP contribution in [0.5, 0.6) is 0 Å². The van der Waals surface area contributed by atoms with E-state index in [9.17, 15) is 9.59 Å². The van der Waals surface area contributed by atoms with Crippen molar-refractivity contribution in [2.45, 2.75) is 45.4 Å². The molecule has 6 heteroatoms. The number of carbonyl (C=O) groups is 2. The lowest BCUT2D eigenvalue weighted by Crippen LogP contribution is -2.42. The van der Waals surface area contributed by atoms with Crippen LogP contribution in [0.3, 0.4) is 0 Å². The van der Waals surface area contributed by atoms with Crippen molar-refractivity contribution in [2.75, 3.05) is 13.1 Å². The topological polar surface area (TPSA) is 76.3 Å². The molecule has 0 atom stereocenters. The Morgan fingerprint density at radius 2 is 2.00 bits per heavy atom. The van der Waals surface area contributed by atoms with Gasteiger partial charge in [0.2, 0.25) is 11.8 Å². The van der Waals surface area contributed by atoms with Crippen molar-refractivity contribution in [3.05, 3.63) is 16.1 Å². The number of nitrogens with two attached hydrogens (primary N) is 1. The molecule has 1 aliphatic rings. The molecular weight excluding hydrogens is 286 g/mol. The minimum atomic E-state index is -0.253. The summed E-state index contributed by atoms with van der Waals surface area (Å²) in [6.07, 6.45) is 1.69. The van der Waals surface area contributed by atoms with Gasteiger partial charge in [-0.2, -0.15) is 0 Å². The van der Waals surface area contributed by atoms with Gasteiger partial charge in [0.05, 0.1) is 17.1 Å². The molecule has 1 aromatic rings. The number of aromatic nitrogens is 1. The third kappa shape index (κ3) is 4.03. The summed E-state index contributed by atoms with van der Waals surface area (Å²) in [5.74, 6) is -0.249. The van der Waals surface area contributed by atoms with Gasteiger partial charge in [0.1, 0.15) is 0 Å². The molecule has 1 aromatic heterocycles. The maximum atomic E-state index is 12.3. The Hall–Kier alpha value is -1.43. The van der Waals surface area contributed by atoms with Crippen LogP contribution in [0.1, 0.15) is 44.3 Å². The van der Waals surface area contributed by atoms with E-state index in [1.54, 1.807) is 11.3 Å². The summed E-state index contributed by atoms with van der Waals surface area (Å²) in [6, 6.07) is 0. The molecule has 1 saturated heterocycles. The summed E-state index contributed by atoms with van der Waals surface area (Å²) in [5.41, 5.74) is 6.16. The molecule has 0 unspecified atom stereocenters. The second-order valence-electron chi connectivity index (χ2n) is 6.63. The van der Waals surface area contributed by atoms with E-state index in [0.29, 0.717) is 32.4 Å². The molecule has 5 nitrogen and oxygen atoms in total. The van der Waals surface area contributed by atoms with Crippen molar-refractivity contribution < 1.29 is 9.59 Å². The number of rotatable bonds is 3. The van der Waals surface area contributed by atoms with Gasteiger partial charge in [0, 0.05) is 29.8 Å². The molecule has 2 N–H and O–H groups in total. The first-order valence-corrected chi connectivity index (χ1v) is 8.17. The van der Waals surface area contributed by atoms with Gasteiger partial charge in [0.15, 0.2) is 0 Å². The largest absolute Gasteiger partial charge is 0.369 e. The highest BCUT2D eigenvalue weighted by atomic mass is 32.1. The first-order valence-electron chi connectivity index (χ1n) is 7.29. The average Bonchev–Trinajstić information content (AvgIpc) is 2.87. The van der Waals surface area contributed by atoms with E-state index >= 15 is 0 Å². The van der Waals surface area contributed by atoms with Crippen molar-refractivity contribution in [1.82, 2.24) is 9.88 Å². The predicted molar refractivity (Wildman–Crippen MR) is 83.0 cm³/mol. The molecule has 0 radical (unpaired) electrons. The maximum Gasteiger partial charge on any atom is 0.228 e. The number of likely N-dealkylation sites (tertiary alicyclic amines) is 1. The number of hydrogen-bond donors (Lipinski definition) is 1. The Labute approximate surface area is 129 Å². The second-order valence-corrected chi connectivity index (χ2v) is 7.49. The predicted octanol–water partition coefficient (Wildman–Crippen LogP) is 1.71. The first-order chi connectivity index (χ1) is 9.77. The number of piperidine rings is 1. The van der Waals surface area contributed by atoms with Crippen LogP contribution in [-0.4, -0.2) is 34.8 Å². The SMILES string of the molecule is CC(C)(C)c1nc(CC(=O)N2CCC(C(N)=O)CC2)cs1. The number of thiazole rings is 1. The molecule has 0 spiro atoms. The van der Waals surface area contributed by atoms with Gasteiger partial charge in [-0.15, -0.1) is 11.3 Å². The van der Waals surface area contributed by atoms with Crippen LogP contribution in [0.4, 0.5) is 0 Å². The van der Waals surface area contributed by atoms with Crippen LogP contribution in [0, 0.1) is 5.92 Å². The molecule has 21 heavy (non-hydrogen) atoms. The summed E-state index contributed by atoms with van der Waals surface area (Å²) >= 11 is 1.61. The lowest BCUT2D eigenvalue weighted by Gasteiger charge is -2.30. The summed E-state index contributed by atoms with van der Waals surface area (Å²) < 4.78 is 0. The van der Waals surface area contributed by atoms with Crippen LogP contribution in [-0.2, 0) is 21.4 Å². The fourth-order valence-electron chi connectivity index (χ4n) is 2.41. The number of carbonyl (C=O) groups excluding carboxylic acids is 2. The Balaban J connectivity index is 1.91. The normalized spacial score (nSPS) is 17.0. The van der Waals surface area contributed by atoms with Gasteiger partial charge in [-0.1, -0.05) is 20.8 Å². The highest BCUT2D eigenvalue weighted by molar-refractivity contribution is 7.09. The number of amides is 2. The fraction of sp³-hybridized carbons (Fsp3) is 0.667. The van der Waals surface area contributed by atoms with Crippen LogP contribution < -0.4 is 5.73 Å². The molecule has 0 saturated carbocycles. The van der Waals surface area contributed by atoms with Gasteiger partial charge in [-0.3, -0.25) is 9.59 Å². The third-order valence-electron chi connectivity index (χ3n) is 3.78. The smallest absolute Gasteiger partial charge is 0.228 e. The molecule has 0 aliphatic carbocycles. The molecule has 1 fully saturated rings. The van der Waals surface area contributed by atoms with E-state index in [0.717, 1.165) is 10.7 Å². The van der Waals surface area contributed by atoms with E-state index in [1.807, 2.05) is 10.3 Å². The van der Waals surface area contributed by atoms with Crippen molar-refractivity contribution in [3.63, 3.8) is 0 Å². The standard InChI is InChI=1S/C15H23N3O2S/c1-15(2,3)14-17-11(9-21-14)8-12(19)18-6-4-10(5-7-18)13(16)20/h9-10H,4-8H2,1-3H3,(H2,16,20). The van der Waals surface area contributed by atoms with E-state index < -0.39 is 0 Å². The van der Waals surface area contributed by atoms with Crippen LogP contribution in [0.25, 0.3) is 0 Å². The van der Waals surface area contributed by atoms with Crippen molar-refractivity contribution >= 4 is 23.2 Å². The maximum absolute atomic E-state index is 12.3. The highest BCUT2D eigenvalue weighted by Gasteiger charge is 2.26. The minimum Gasteiger partial charge on any atom is -0.369 e. The molecule has 0 aromatic carbocycles. The average molecular weight is 309 g/mol. The van der Waals surface area contributed by atoms with Gasteiger partial charge in [-0.05, 0) is 12.8 Å². The fourth-order valence-corrected chi connectivity index (χ4v) is 3.32. The summed E-state index contributed by atoms with van der Waals surface area (Å²) in [6.45, 7) is 7.58. The molecular formula is C15H23N3O2S. The van der Waals surface area contributed by atoms with Gasteiger partial charge >= 0.3 is 0 Å². The zero-order chi connectivity index (χ0) is 15.6. The Bertz CT molecular complexity index is 525. The molecule has 2 amide bonds. The number of primary amides is 1. The molecule has 2 rings (SSSR count). The lowest BCUT2D eigenvalue weighted by molar-refractivity contribution is -0.134. The van der Waals surface area contributed by atoms with E-state index in [2.05, 4.69) is 25.8 Å². The second kappa shape index (κ2) is 6.13. The summed E-state index contributed by atoms with van der Waals surface area (Å²) in [7, 11) is 0. The molecule has 2 heterocycles. The number of nitrogens with zero attached hydrogens (tertiary/aromatic N) is 2. The van der Waals surface area contributed by atoms with Crippen molar-refractivity contribution in [1.29, 1.82) is 0 Å². The van der Waals surface area contributed by atoms with E-state index in [-0.39, 0.29) is 23.1 Å². The van der Waals surface area contributed by atoms with Crippen molar-refractivity contribution in [3.8, 4) is 0 Å². The lowest BCUT2D eigenvalue weighted by atomic mass is 9.96. The summed E-state index contributed by atoms with van der Waals surface area (Å²) in [4.78, 5) is 29.8. The van der Waals surface area contributed by atoms with Gasteiger partial charge in [-0.25, -0.2) is 4.98 Å². The Morgan fingerprint density at radius 3 is 2.48 bits per heavy atom. The van der Waals surface area contributed by atoms with Crippen LogP contribution in [0.15, 0.2) is 5.38 Å². The van der Waals surface area contributed by atoms with E-state index in [4.69, 9.17) is 5.73 Å². The quantitative estimate of drug-likeness (QED) is 0.923. The highest BCUT2D eigenvalue weighted by Crippen LogP contribution is 2.26. The monoisotopic (exact) mass is 309 g/mol. The van der Waals surface area contributed by atoms with Crippen LogP contribution in [0.2, 0.25) is 0 Å². The molecule has 0 bridgehead atoms. The Kier molecular flexibility index (Phi) is 4.66. The van der Waals surface area contributed by atoms with Gasteiger partial charge in [0.25, 0.3) is 0 Å². The first kappa shape index (κ1) is 15.9. The third-order valence-corrected chi connectivity index (χ3v) is 5.09. The zero-order valence-corrected chi connectivity index (χ0v) is 13.7. The van der Waals surface area contributed by atoms with E-state index in [1.165, 1.54) is 0 Å². The Morgan fingerprint density at radius 1 is 1.38 bits per heavy atom. The van der Waals surface area contributed by atoms with Crippen LogP contribution >= 0.6 is 11.3 Å². The summed E-state index contributed by atoms with van der Waals surface area (Å²) in [5, 5.41) is 3.02. The zero-order valence-electron chi connectivity index (χ0n) is 12.9. The minimum absolute atomic E-state index is 0.0196.